The molecule has 0 aromatic heterocycles. The molecule has 1 aliphatic carbocycles. The van der Waals surface area contributed by atoms with Crippen LogP contribution < -0.4 is 14.4 Å². The minimum Gasteiger partial charge on any atom is -0.495 e. The summed E-state index contributed by atoms with van der Waals surface area (Å²) in [6.07, 6.45) is 7.03. The number of hydrogen-bond acceptors (Lipinski definition) is 4. The van der Waals surface area contributed by atoms with Crippen LogP contribution in [-0.2, 0) is 14.8 Å². The summed E-state index contributed by atoms with van der Waals surface area (Å²) < 4.78 is 33.4. The van der Waals surface area contributed by atoms with E-state index in [0.717, 1.165) is 19.3 Å². The van der Waals surface area contributed by atoms with Crippen LogP contribution in [0.25, 0.3) is 0 Å². The third-order valence-electron chi connectivity index (χ3n) is 5.11. The van der Waals surface area contributed by atoms with E-state index in [-0.39, 0.29) is 10.8 Å². The lowest BCUT2D eigenvalue weighted by molar-refractivity contribution is -0.117. The molecule has 1 heterocycles. The topological polar surface area (TPSA) is 75.7 Å². The van der Waals surface area contributed by atoms with Crippen LogP contribution in [-0.4, -0.2) is 34.5 Å². The van der Waals surface area contributed by atoms with Crippen LogP contribution >= 0.6 is 0 Å². The summed E-state index contributed by atoms with van der Waals surface area (Å²) in [6, 6.07) is 4.70. The van der Waals surface area contributed by atoms with Crippen molar-refractivity contribution in [1.29, 1.82) is 0 Å². The second kappa shape index (κ2) is 7.74. The summed E-state index contributed by atoms with van der Waals surface area (Å²) in [6.45, 7) is 1.07. The summed E-state index contributed by atoms with van der Waals surface area (Å²) in [4.78, 5) is 13.8. The van der Waals surface area contributed by atoms with Crippen molar-refractivity contribution in [3.8, 4) is 5.75 Å². The Morgan fingerprint density at radius 2 is 1.96 bits per heavy atom. The lowest BCUT2D eigenvalue weighted by Crippen LogP contribution is -2.31. The van der Waals surface area contributed by atoms with E-state index in [1.807, 2.05) is 0 Å². The van der Waals surface area contributed by atoms with Crippen LogP contribution in [0.4, 0.5) is 5.69 Å². The number of methoxy groups -OCH3 is 1. The molecule has 25 heavy (non-hydrogen) atoms. The molecule has 0 radical (unpaired) electrons. The summed E-state index contributed by atoms with van der Waals surface area (Å²) in [5, 5.41) is 0. The van der Waals surface area contributed by atoms with Gasteiger partial charge in [-0.3, -0.25) is 4.79 Å². The van der Waals surface area contributed by atoms with E-state index in [1.54, 1.807) is 17.0 Å². The SMILES string of the molecule is COc1ccc(S(=O)(=O)NCC2CCCCC2)cc1N1CCCC1=O. The highest BCUT2D eigenvalue weighted by molar-refractivity contribution is 7.89. The van der Waals surface area contributed by atoms with Gasteiger partial charge in [0.25, 0.3) is 0 Å². The molecular weight excluding hydrogens is 340 g/mol. The molecule has 0 atom stereocenters. The van der Waals surface area contributed by atoms with Crippen LogP contribution in [0.1, 0.15) is 44.9 Å². The van der Waals surface area contributed by atoms with Gasteiger partial charge in [-0.25, -0.2) is 13.1 Å². The molecule has 1 N–H and O–H groups in total. The van der Waals surface area contributed by atoms with Crippen LogP contribution in [0.3, 0.4) is 0 Å². The van der Waals surface area contributed by atoms with E-state index in [4.69, 9.17) is 4.74 Å². The Morgan fingerprint density at radius 3 is 2.60 bits per heavy atom. The van der Waals surface area contributed by atoms with Gasteiger partial charge in [-0.2, -0.15) is 0 Å². The Balaban J connectivity index is 1.79. The Bertz CT molecular complexity index is 727. The Morgan fingerprint density at radius 1 is 1.20 bits per heavy atom. The Hall–Kier alpha value is -1.60. The molecule has 7 heteroatoms. The summed E-state index contributed by atoms with van der Waals surface area (Å²) >= 11 is 0. The molecule has 1 saturated carbocycles. The minimum absolute atomic E-state index is 0.00279. The largest absolute Gasteiger partial charge is 0.495 e. The lowest BCUT2D eigenvalue weighted by Gasteiger charge is -2.22. The zero-order valence-corrected chi connectivity index (χ0v) is 15.5. The fourth-order valence-corrected chi connectivity index (χ4v) is 4.79. The summed E-state index contributed by atoms with van der Waals surface area (Å²) in [5.41, 5.74) is 0.533. The van der Waals surface area contributed by atoms with Crippen molar-refractivity contribution in [3.63, 3.8) is 0 Å². The molecule has 0 spiro atoms. The first-order valence-corrected chi connectivity index (χ1v) is 10.5. The average Bonchev–Trinajstić information content (AvgIpc) is 3.06. The molecule has 1 saturated heterocycles. The lowest BCUT2D eigenvalue weighted by atomic mass is 9.90. The van der Waals surface area contributed by atoms with Gasteiger partial charge in [0, 0.05) is 19.5 Å². The first-order chi connectivity index (χ1) is 12.0. The molecule has 0 bridgehead atoms. The smallest absolute Gasteiger partial charge is 0.240 e. The highest BCUT2D eigenvalue weighted by Crippen LogP contribution is 2.33. The predicted molar refractivity (Wildman–Crippen MR) is 96.3 cm³/mol. The number of amides is 1. The van der Waals surface area contributed by atoms with E-state index >= 15 is 0 Å². The van der Waals surface area contributed by atoms with Crippen molar-refractivity contribution in [2.75, 3.05) is 25.1 Å². The summed E-state index contributed by atoms with van der Waals surface area (Å²) in [7, 11) is -2.07. The first kappa shape index (κ1) is 18.2. The van der Waals surface area contributed by atoms with Crippen LogP contribution in [0.5, 0.6) is 5.75 Å². The Labute approximate surface area is 149 Å². The maximum Gasteiger partial charge on any atom is 0.240 e. The second-order valence-corrected chi connectivity index (χ2v) is 8.61. The number of carbonyl (C=O) groups excluding carboxylic acids is 1. The van der Waals surface area contributed by atoms with E-state index in [0.29, 0.717) is 36.9 Å². The van der Waals surface area contributed by atoms with E-state index in [2.05, 4.69) is 4.72 Å². The zero-order chi connectivity index (χ0) is 17.9. The van der Waals surface area contributed by atoms with E-state index in [9.17, 15) is 13.2 Å². The number of rotatable bonds is 6. The Kier molecular flexibility index (Phi) is 5.64. The van der Waals surface area contributed by atoms with Gasteiger partial charge in [-0.05, 0) is 43.4 Å². The van der Waals surface area contributed by atoms with Crippen LogP contribution in [0.2, 0.25) is 0 Å². The number of nitrogens with zero attached hydrogens (tertiary/aromatic N) is 1. The van der Waals surface area contributed by atoms with Gasteiger partial charge in [0.05, 0.1) is 17.7 Å². The molecule has 2 aliphatic rings. The average molecular weight is 366 g/mol. The summed E-state index contributed by atoms with van der Waals surface area (Å²) in [5.74, 6) is 0.936. The predicted octanol–water partition coefficient (Wildman–Crippen LogP) is 2.68. The standard InChI is InChI=1S/C18H26N2O4S/c1-24-17-10-9-15(12-16(17)20-11-5-8-18(20)21)25(22,23)19-13-14-6-3-2-4-7-14/h9-10,12,14,19H,2-8,11,13H2,1H3. The van der Waals surface area contributed by atoms with Crippen LogP contribution in [0, 0.1) is 5.92 Å². The minimum atomic E-state index is -3.60. The molecule has 1 aliphatic heterocycles. The molecule has 2 fully saturated rings. The maximum atomic E-state index is 12.7. The maximum absolute atomic E-state index is 12.7. The van der Waals surface area contributed by atoms with Crippen molar-refractivity contribution in [3.05, 3.63) is 18.2 Å². The number of hydrogen-bond donors (Lipinski definition) is 1. The normalized spacial score (nSPS) is 19.4. The van der Waals surface area contributed by atoms with Crippen molar-refractivity contribution >= 4 is 21.6 Å². The number of benzene rings is 1. The van der Waals surface area contributed by atoms with Crippen LogP contribution in [0.15, 0.2) is 23.1 Å². The zero-order valence-electron chi connectivity index (χ0n) is 14.7. The highest BCUT2D eigenvalue weighted by Gasteiger charge is 2.27. The number of sulfonamides is 1. The number of carbonyl (C=O) groups is 1. The fourth-order valence-electron chi connectivity index (χ4n) is 3.65. The molecule has 3 rings (SSSR count). The van der Waals surface area contributed by atoms with E-state index < -0.39 is 10.0 Å². The van der Waals surface area contributed by atoms with Gasteiger partial charge >= 0.3 is 0 Å². The van der Waals surface area contributed by atoms with Gasteiger partial charge in [0.1, 0.15) is 5.75 Å². The molecule has 6 nitrogen and oxygen atoms in total. The van der Waals surface area contributed by atoms with Gasteiger partial charge in [0.2, 0.25) is 15.9 Å². The molecule has 1 amide bonds. The number of anilines is 1. The molecule has 1 aromatic carbocycles. The quantitative estimate of drug-likeness (QED) is 0.840. The molecule has 138 valence electrons. The first-order valence-electron chi connectivity index (χ1n) is 8.99. The molecule has 0 unspecified atom stereocenters. The third-order valence-corrected chi connectivity index (χ3v) is 6.53. The van der Waals surface area contributed by atoms with E-state index in [1.165, 1.54) is 32.4 Å². The number of ether oxygens (including phenoxy) is 1. The van der Waals surface area contributed by atoms with Gasteiger partial charge < -0.3 is 9.64 Å². The number of nitrogens with one attached hydrogen (secondary N) is 1. The van der Waals surface area contributed by atoms with Gasteiger partial charge in [-0.15, -0.1) is 0 Å². The second-order valence-electron chi connectivity index (χ2n) is 6.84. The van der Waals surface area contributed by atoms with Crippen molar-refractivity contribution in [2.45, 2.75) is 49.8 Å². The van der Waals surface area contributed by atoms with Gasteiger partial charge in [0.15, 0.2) is 0 Å². The molecule has 1 aromatic rings. The van der Waals surface area contributed by atoms with Crippen molar-refractivity contribution in [2.24, 2.45) is 5.92 Å². The fraction of sp³-hybridized carbons (Fsp3) is 0.611. The monoisotopic (exact) mass is 366 g/mol. The molecular formula is C18H26N2O4S. The third kappa shape index (κ3) is 4.15. The highest BCUT2D eigenvalue weighted by atomic mass is 32.2. The van der Waals surface area contributed by atoms with Gasteiger partial charge in [-0.1, -0.05) is 19.3 Å². The van der Waals surface area contributed by atoms with Crippen molar-refractivity contribution < 1.29 is 17.9 Å². The van der Waals surface area contributed by atoms with Crippen molar-refractivity contribution in [1.82, 2.24) is 4.72 Å².